The van der Waals surface area contributed by atoms with Gasteiger partial charge in [-0.2, -0.15) is 0 Å². The Morgan fingerprint density at radius 3 is 2.50 bits per heavy atom. The second-order valence-corrected chi connectivity index (χ2v) is 7.84. The van der Waals surface area contributed by atoms with Gasteiger partial charge in [0.15, 0.2) is 9.84 Å². The molecule has 1 aliphatic heterocycles. The summed E-state index contributed by atoms with van der Waals surface area (Å²) < 4.78 is 24.9. The van der Waals surface area contributed by atoms with Gasteiger partial charge in [-0.1, -0.05) is 25.1 Å². The van der Waals surface area contributed by atoms with Crippen LogP contribution in [-0.2, 0) is 9.84 Å². The number of nitrogens with one attached hydrogen (secondary N) is 1. The molecule has 1 aromatic carbocycles. The van der Waals surface area contributed by atoms with Gasteiger partial charge < -0.3 is 5.32 Å². The van der Waals surface area contributed by atoms with Gasteiger partial charge >= 0.3 is 0 Å². The Bertz CT molecular complexity index is 563. The van der Waals surface area contributed by atoms with Crippen molar-refractivity contribution in [2.75, 3.05) is 0 Å². The van der Waals surface area contributed by atoms with Gasteiger partial charge in [0.25, 0.3) is 0 Å². The second kappa shape index (κ2) is 4.07. The van der Waals surface area contributed by atoms with Gasteiger partial charge in [-0.05, 0) is 37.3 Å². The van der Waals surface area contributed by atoms with Crippen LogP contribution in [0.5, 0.6) is 0 Å². The van der Waals surface area contributed by atoms with E-state index in [1.165, 1.54) is 12.8 Å². The molecular formula is C14H19NO2S. The highest BCUT2D eigenvalue weighted by Crippen LogP contribution is 2.41. The van der Waals surface area contributed by atoms with E-state index in [9.17, 15) is 8.42 Å². The fraction of sp³-hybridized carbons (Fsp3) is 0.571. The van der Waals surface area contributed by atoms with Crippen molar-refractivity contribution < 1.29 is 8.42 Å². The SMILES string of the molecule is CC1C(NC2CC2)c2ccccc2S(=O)(=O)C1C. The molecule has 1 N–H and O–H groups in total. The highest BCUT2D eigenvalue weighted by Gasteiger charge is 2.42. The van der Waals surface area contributed by atoms with E-state index in [0.29, 0.717) is 10.9 Å². The van der Waals surface area contributed by atoms with Crippen molar-refractivity contribution in [3.63, 3.8) is 0 Å². The maximum absolute atomic E-state index is 12.4. The van der Waals surface area contributed by atoms with Crippen molar-refractivity contribution in [1.82, 2.24) is 5.32 Å². The molecule has 2 aliphatic rings. The molecule has 3 nitrogen and oxygen atoms in total. The number of rotatable bonds is 2. The van der Waals surface area contributed by atoms with Crippen molar-refractivity contribution in [1.29, 1.82) is 0 Å². The molecule has 1 fully saturated rings. The smallest absolute Gasteiger partial charge is 0.181 e. The van der Waals surface area contributed by atoms with Crippen LogP contribution >= 0.6 is 0 Å². The van der Waals surface area contributed by atoms with E-state index in [1.54, 1.807) is 6.07 Å². The number of fused-ring (bicyclic) bond motifs is 1. The monoisotopic (exact) mass is 265 g/mol. The van der Waals surface area contributed by atoms with Crippen LogP contribution < -0.4 is 5.32 Å². The molecule has 4 heteroatoms. The first-order valence-electron chi connectivity index (χ1n) is 6.60. The molecule has 1 saturated carbocycles. The number of hydrogen-bond donors (Lipinski definition) is 1. The van der Waals surface area contributed by atoms with E-state index in [0.717, 1.165) is 5.56 Å². The van der Waals surface area contributed by atoms with Gasteiger partial charge in [-0.3, -0.25) is 0 Å². The number of hydrogen-bond acceptors (Lipinski definition) is 3. The van der Waals surface area contributed by atoms with Crippen molar-refractivity contribution >= 4 is 9.84 Å². The highest BCUT2D eigenvalue weighted by molar-refractivity contribution is 7.92. The average Bonchev–Trinajstić information content (AvgIpc) is 3.17. The quantitative estimate of drug-likeness (QED) is 0.892. The summed E-state index contributed by atoms with van der Waals surface area (Å²) in [6, 6.07) is 8.20. The van der Waals surface area contributed by atoms with Gasteiger partial charge in [0.2, 0.25) is 0 Å². The molecule has 1 aromatic rings. The summed E-state index contributed by atoms with van der Waals surface area (Å²) in [4.78, 5) is 0.522. The van der Waals surface area contributed by atoms with Gasteiger partial charge in [-0.25, -0.2) is 8.42 Å². The third-order valence-corrected chi connectivity index (χ3v) is 6.70. The molecule has 0 amide bonds. The minimum Gasteiger partial charge on any atom is -0.307 e. The maximum Gasteiger partial charge on any atom is 0.181 e. The van der Waals surface area contributed by atoms with E-state index >= 15 is 0 Å². The summed E-state index contributed by atoms with van der Waals surface area (Å²) in [5.74, 6) is 0.116. The lowest BCUT2D eigenvalue weighted by Gasteiger charge is -2.36. The Labute approximate surface area is 109 Å². The fourth-order valence-electron chi connectivity index (χ4n) is 2.78. The molecule has 3 atom stereocenters. The molecule has 3 rings (SSSR count). The molecular weight excluding hydrogens is 246 g/mol. The molecule has 1 aliphatic carbocycles. The third kappa shape index (κ3) is 1.79. The molecule has 18 heavy (non-hydrogen) atoms. The van der Waals surface area contributed by atoms with Crippen molar-refractivity contribution in [2.45, 2.75) is 48.9 Å². The first kappa shape index (κ1) is 12.2. The van der Waals surface area contributed by atoms with Crippen LogP contribution in [0.3, 0.4) is 0 Å². The minimum atomic E-state index is -3.16. The van der Waals surface area contributed by atoms with Gasteiger partial charge in [0.05, 0.1) is 10.1 Å². The van der Waals surface area contributed by atoms with Crippen molar-refractivity contribution in [2.24, 2.45) is 5.92 Å². The fourth-order valence-corrected chi connectivity index (χ4v) is 4.69. The maximum atomic E-state index is 12.4. The molecule has 1 heterocycles. The minimum absolute atomic E-state index is 0.116. The Kier molecular flexibility index (Phi) is 2.75. The summed E-state index contributed by atoms with van der Waals surface area (Å²) >= 11 is 0. The normalized spacial score (nSPS) is 34.0. The molecule has 98 valence electrons. The first-order chi connectivity index (χ1) is 8.51. The lowest BCUT2D eigenvalue weighted by Crippen LogP contribution is -2.42. The van der Waals surface area contributed by atoms with E-state index < -0.39 is 9.84 Å². The van der Waals surface area contributed by atoms with Gasteiger partial charge in [-0.15, -0.1) is 0 Å². The van der Waals surface area contributed by atoms with Crippen LogP contribution in [0.15, 0.2) is 29.2 Å². The highest BCUT2D eigenvalue weighted by atomic mass is 32.2. The summed E-state index contributed by atoms with van der Waals surface area (Å²) in [5.41, 5.74) is 0.954. The standard InChI is InChI=1S/C14H19NO2S/c1-9-10(2)18(16,17)13-6-4-3-5-12(13)14(9)15-11-7-8-11/h3-6,9-11,14-15H,7-8H2,1-2H3. The van der Waals surface area contributed by atoms with Crippen LogP contribution in [0.25, 0.3) is 0 Å². The van der Waals surface area contributed by atoms with Gasteiger partial charge in [0, 0.05) is 12.1 Å². The van der Waals surface area contributed by atoms with E-state index in [2.05, 4.69) is 5.32 Å². The molecule has 0 radical (unpaired) electrons. The predicted molar refractivity (Wildman–Crippen MR) is 71.2 cm³/mol. The van der Waals surface area contributed by atoms with Gasteiger partial charge in [0.1, 0.15) is 0 Å². The average molecular weight is 265 g/mol. The van der Waals surface area contributed by atoms with Crippen LogP contribution in [0.4, 0.5) is 0 Å². The zero-order valence-corrected chi connectivity index (χ0v) is 11.6. The van der Waals surface area contributed by atoms with Crippen LogP contribution in [0.1, 0.15) is 38.3 Å². The second-order valence-electron chi connectivity index (χ2n) is 5.57. The molecule has 0 bridgehead atoms. The largest absolute Gasteiger partial charge is 0.307 e. The predicted octanol–water partition coefficient (Wildman–Crippen LogP) is 2.29. The Hall–Kier alpha value is -0.870. The van der Waals surface area contributed by atoms with Crippen molar-refractivity contribution in [3.05, 3.63) is 29.8 Å². The van der Waals surface area contributed by atoms with Crippen molar-refractivity contribution in [3.8, 4) is 0 Å². The molecule has 0 saturated heterocycles. The first-order valence-corrected chi connectivity index (χ1v) is 8.15. The summed E-state index contributed by atoms with van der Waals surface area (Å²) in [7, 11) is -3.16. The third-order valence-electron chi connectivity index (χ3n) is 4.31. The number of benzene rings is 1. The summed E-state index contributed by atoms with van der Waals surface area (Å²) in [6.07, 6.45) is 2.43. The van der Waals surface area contributed by atoms with Crippen LogP contribution in [0.2, 0.25) is 0 Å². The number of sulfone groups is 1. The Morgan fingerprint density at radius 2 is 1.83 bits per heavy atom. The van der Waals surface area contributed by atoms with E-state index in [-0.39, 0.29) is 17.2 Å². The lowest BCUT2D eigenvalue weighted by atomic mass is 9.91. The molecule has 0 aromatic heterocycles. The zero-order valence-electron chi connectivity index (χ0n) is 10.8. The molecule has 3 unspecified atom stereocenters. The van der Waals surface area contributed by atoms with Crippen LogP contribution in [-0.4, -0.2) is 19.7 Å². The Balaban J connectivity index is 2.10. The summed E-state index contributed by atoms with van der Waals surface area (Å²) in [5, 5.41) is 3.29. The van der Waals surface area contributed by atoms with E-state index in [4.69, 9.17) is 0 Å². The zero-order chi connectivity index (χ0) is 12.9. The topological polar surface area (TPSA) is 46.2 Å². The molecule has 0 spiro atoms. The summed E-state index contributed by atoms with van der Waals surface area (Å²) in [6.45, 7) is 3.87. The van der Waals surface area contributed by atoms with E-state index in [1.807, 2.05) is 32.0 Å². The Morgan fingerprint density at radius 1 is 1.17 bits per heavy atom. The lowest BCUT2D eigenvalue weighted by molar-refractivity contribution is 0.356. The van der Waals surface area contributed by atoms with Crippen LogP contribution in [0, 0.1) is 5.92 Å².